The number of likely N-dealkylation sites (tertiary alicyclic amines) is 1. The molecular weight excluding hydrogens is 362 g/mol. The Morgan fingerprint density at radius 3 is 2.84 bits per heavy atom. The maximum Gasteiger partial charge on any atom is 0.225 e. The number of hydrogen-bond acceptors (Lipinski definition) is 5. The molecule has 3 rings (SSSR count). The molecule has 2 aliphatic heterocycles. The summed E-state index contributed by atoms with van der Waals surface area (Å²) in [5, 5.41) is 2.97. The molecule has 2 aliphatic rings. The molecule has 2 saturated heterocycles. The number of nitrogens with one attached hydrogen (secondary N) is 1. The van der Waals surface area contributed by atoms with Crippen LogP contribution in [0.15, 0.2) is 12.1 Å². The lowest BCUT2D eigenvalue weighted by molar-refractivity contribution is -0.138. The molecule has 0 saturated carbocycles. The fourth-order valence-corrected chi connectivity index (χ4v) is 4.22. The molecule has 0 bridgehead atoms. The van der Waals surface area contributed by atoms with Crippen molar-refractivity contribution in [2.75, 3.05) is 45.9 Å². The van der Waals surface area contributed by atoms with Gasteiger partial charge in [-0.15, -0.1) is 11.3 Å². The van der Waals surface area contributed by atoms with E-state index in [9.17, 15) is 9.59 Å². The molecule has 1 aromatic rings. The van der Waals surface area contributed by atoms with E-state index in [1.165, 1.54) is 11.3 Å². The van der Waals surface area contributed by atoms with Gasteiger partial charge < -0.3 is 15.0 Å². The molecule has 3 heterocycles. The fourth-order valence-electron chi connectivity index (χ4n) is 3.20. The van der Waals surface area contributed by atoms with Crippen LogP contribution in [0.1, 0.15) is 17.7 Å². The number of carbonyl (C=O) groups is 2. The van der Waals surface area contributed by atoms with Crippen molar-refractivity contribution in [1.82, 2.24) is 15.1 Å². The third-order valence-corrected chi connectivity index (χ3v) is 5.96. The summed E-state index contributed by atoms with van der Waals surface area (Å²) in [6.07, 6.45) is 1.08. The lowest BCUT2D eigenvalue weighted by atomic mass is 9.96. The predicted molar refractivity (Wildman–Crippen MR) is 97.7 cm³/mol. The van der Waals surface area contributed by atoms with Crippen LogP contribution in [0.3, 0.4) is 0 Å². The van der Waals surface area contributed by atoms with Gasteiger partial charge in [0.25, 0.3) is 0 Å². The molecule has 2 amide bonds. The zero-order valence-electron chi connectivity index (χ0n) is 14.2. The number of hydrogen-bond donors (Lipinski definition) is 1. The van der Waals surface area contributed by atoms with Gasteiger partial charge in [-0.3, -0.25) is 14.5 Å². The molecule has 8 heteroatoms. The van der Waals surface area contributed by atoms with Crippen LogP contribution in [-0.4, -0.2) is 67.6 Å². The number of nitrogens with zero attached hydrogens (tertiary/aromatic N) is 2. The van der Waals surface area contributed by atoms with Gasteiger partial charge >= 0.3 is 0 Å². The van der Waals surface area contributed by atoms with E-state index in [-0.39, 0.29) is 17.7 Å². The highest BCUT2D eigenvalue weighted by Gasteiger charge is 2.30. The summed E-state index contributed by atoms with van der Waals surface area (Å²) >= 11 is 7.38. The van der Waals surface area contributed by atoms with Gasteiger partial charge in [0.1, 0.15) is 0 Å². The van der Waals surface area contributed by atoms with E-state index < -0.39 is 0 Å². The number of morpholine rings is 1. The van der Waals surface area contributed by atoms with Crippen LogP contribution in [0.25, 0.3) is 0 Å². The summed E-state index contributed by atoms with van der Waals surface area (Å²) in [4.78, 5) is 29.8. The van der Waals surface area contributed by atoms with E-state index in [0.717, 1.165) is 42.1 Å². The fraction of sp³-hybridized carbons (Fsp3) is 0.647. The zero-order chi connectivity index (χ0) is 17.6. The van der Waals surface area contributed by atoms with Gasteiger partial charge in [0.05, 0.1) is 30.0 Å². The Morgan fingerprint density at radius 1 is 1.32 bits per heavy atom. The van der Waals surface area contributed by atoms with Gasteiger partial charge in [0, 0.05) is 44.0 Å². The molecule has 0 aromatic carbocycles. The van der Waals surface area contributed by atoms with Gasteiger partial charge in [-0.2, -0.15) is 0 Å². The average Bonchev–Trinajstić information content (AvgIpc) is 3.05. The molecule has 1 atom stereocenters. The second-order valence-electron chi connectivity index (χ2n) is 6.45. The molecule has 0 radical (unpaired) electrons. The topological polar surface area (TPSA) is 61.9 Å². The van der Waals surface area contributed by atoms with Crippen molar-refractivity contribution in [2.24, 2.45) is 5.92 Å². The van der Waals surface area contributed by atoms with E-state index in [2.05, 4.69) is 10.2 Å². The lowest BCUT2D eigenvalue weighted by Crippen LogP contribution is -2.49. The van der Waals surface area contributed by atoms with Crippen LogP contribution in [0.2, 0.25) is 4.34 Å². The maximum atomic E-state index is 12.4. The SMILES string of the molecule is O=C(NCc1ccc(Cl)s1)[C@@H]1CCC(=O)N(CCN2CCOCC2)C1. The molecule has 2 fully saturated rings. The van der Waals surface area contributed by atoms with Crippen LogP contribution < -0.4 is 5.32 Å². The van der Waals surface area contributed by atoms with Crippen molar-refractivity contribution in [1.29, 1.82) is 0 Å². The summed E-state index contributed by atoms with van der Waals surface area (Å²) in [6.45, 7) is 5.87. The van der Waals surface area contributed by atoms with E-state index >= 15 is 0 Å². The van der Waals surface area contributed by atoms with Gasteiger partial charge in [-0.05, 0) is 18.6 Å². The van der Waals surface area contributed by atoms with Crippen LogP contribution >= 0.6 is 22.9 Å². The van der Waals surface area contributed by atoms with E-state index in [1.807, 2.05) is 17.0 Å². The summed E-state index contributed by atoms with van der Waals surface area (Å²) < 4.78 is 6.07. The lowest BCUT2D eigenvalue weighted by Gasteiger charge is -2.34. The van der Waals surface area contributed by atoms with Crippen LogP contribution in [0.5, 0.6) is 0 Å². The largest absolute Gasteiger partial charge is 0.379 e. The molecule has 0 spiro atoms. The number of ether oxygens (including phenoxy) is 1. The van der Waals surface area contributed by atoms with E-state index in [1.54, 1.807) is 0 Å². The maximum absolute atomic E-state index is 12.4. The minimum Gasteiger partial charge on any atom is -0.379 e. The molecule has 1 N–H and O–H groups in total. The first-order valence-corrected chi connectivity index (χ1v) is 9.91. The minimum atomic E-state index is -0.127. The second kappa shape index (κ2) is 8.98. The highest BCUT2D eigenvalue weighted by atomic mass is 35.5. The minimum absolute atomic E-state index is 0.0217. The zero-order valence-corrected chi connectivity index (χ0v) is 15.8. The van der Waals surface area contributed by atoms with Crippen molar-refractivity contribution in [3.05, 3.63) is 21.3 Å². The molecule has 138 valence electrons. The van der Waals surface area contributed by atoms with Crippen molar-refractivity contribution in [3.63, 3.8) is 0 Å². The van der Waals surface area contributed by atoms with Gasteiger partial charge in [-0.25, -0.2) is 0 Å². The first-order chi connectivity index (χ1) is 12.1. The third-order valence-electron chi connectivity index (χ3n) is 4.73. The third kappa shape index (κ3) is 5.41. The first-order valence-electron chi connectivity index (χ1n) is 8.71. The number of halogens is 1. The standard InChI is InChI=1S/C17H24ClN3O3S/c18-15-3-2-14(25-15)11-19-17(23)13-1-4-16(22)21(12-13)6-5-20-7-9-24-10-8-20/h2-3,13H,1,4-12H2,(H,19,23)/t13-/m1/s1. The summed E-state index contributed by atoms with van der Waals surface area (Å²) in [5.74, 6) is 0.0496. The summed E-state index contributed by atoms with van der Waals surface area (Å²) in [7, 11) is 0. The Labute approximate surface area is 157 Å². The van der Waals surface area contributed by atoms with Gasteiger partial charge in [-0.1, -0.05) is 11.6 Å². The molecule has 6 nitrogen and oxygen atoms in total. The summed E-state index contributed by atoms with van der Waals surface area (Å²) in [6, 6.07) is 3.76. The highest BCUT2D eigenvalue weighted by Crippen LogP contribution is 2.22. The van der Waals surface area contributed by atoms with Crippen LogP contribution in [-0.2, 0) is 20.9 Å². The Kier molecular flexibility index (Phi) is 6.70. The number of thiophene rings is 1. The first kappa shape index (κ1) is 18.6. The van der Waals surface area contributed by atoms with E-state index in [0.29, 0.717) is 32.5 Å². The van der Waals surface area contributed by atoms with Crippen LogP contribution in [0.4, 0.5) is 0 Å². The van der Waals surface area contributed by atoms with Gasteiger partial charge in [0.2, 0.25) is 11.8 Å². The monoisotopic (exact) mass is 385 g/mol. The highest BCUT2D eigenvalue weighted by molar-refractivity contribution is 7.16. The number of amides is 2. The Balaban J connectivity index is 1.45. The van der Waals surface area contributed by atoms with Crippen molar-refractivity contribution >= 4 is 34.8 Å². The summed E-state index contributed by atoms with van der Waals surface area (Å²) in [5.41, 5.74) is 0. The second-order valence-corrected chi connectivity index (χ2v) is 8.25. The number of rotatable bonds is 6. The Bertz CT molecular complexity index is 604. The molecule has 0 unspecified atom stereocenters. The smallest absolute Gasteiger partial charge is 0.225 e. The molecule has 1 aromatic heterocycles. The van der Waals surface area contributed by atoms with Crippen molar-refractivity contribution in [2.45, 2.75) is 19.4 Å². The number of carbonyl (C=O) groups excluding carboxylic acids is 2. The molecule has 0 aliphatic carbocycles. The average molecular weight is 386 g/mol. The van der Waals surface area contributed by atoms with Crippen molar-refractivity contribution < 1.29 is 14.3 Å². The normalized spacial score (nSPS) is 22.2. The van der Waals surface area contributed by atoms with Crippen molar-refractivity contribution in [3.8, 4) is 0 Å². The Hall–Kier alpha value is -1.15. The molecular formula is C17H24ClN3O3S. The number of piperidine rings is 1. The van der Waals surface area contributed by atoms with Crippen LogP contribution in [0, 0.1) is 5.92 Å². The predicted octanol–water partition coefficient (Wildman–Crippen LogP) is 1.59. The van der Waals surface area contributed by atoms with Gasteiger partial charge in [0.15, 0.2) is 0 Å². The Morgan fingerprint density at radius 2 is 2.12 bits per heavy atom. The van der Waals surface area contributed by atoms with E-state index in [4.69, 9.17) is 16.3 Å². The molecule has 25 heavy (non-hydrogen) atoms. The quantitative estimate of drug-likeness (QED) is 0.807.